The van der Waals surface area contributed by atoms with Crippen LogP contribution in [0.1, 0.15) is 26.2 Å². The Balaban J connectivity index is 0.000000336. The fourth-order valence-corrected chi connectivity index (χ4v) is 1.00. The summed E-state index contributed by atoms with van der Waals surface area (Å²) in [5, 5.41) is 0. The molecule has 15 heavy (non-hydrogen) atoms. The number of aromatic amines is 1. The SMILES string of the molecule is CCCCC[n+]1cc[nH]c1.O=P([O-])(O)O. The molecule has 0 aliphatic rings. The van der Waals surface area contributed by atoms with E-state index in [0.717, 1.165) is 6.54 Å². The second kappa shape index (κ2) is 7.59. The molecule has 88 valence electrons. The van der Waals surface area contributed by atoms with Gasteiger partial charge in [-0.15, -0.1) is 0 Å². The van der Waals surface area contributed by atoms with Gasteiger partial charge in [0, 0.05) is 0 Å². The van der Waals surface area contributed by atoms with Crippen molar-refractivity contribution in [3.8, 4) is 0 Å². The van der Waals surface area contributed by atoms with Crippen molar-refractivity contribution in [1.82, 2.24) is 4.98 Å². The normalized spacial score (nSPS) is 10.7. The number of nitrogens with one attached hydrogen (secondary N) is 1. The summed E-state index contributed by atoms with van der Waals surface area (Å²) in [6.45, 7) is 3.37. The van der Waals surface area contributed by atoms with E-state index in [2.05, 4.69) is 22.7 Å². The maximum absolute atomic E-state index is 8.77. The molecule has 0 unspecified atom stereocenters. The van der Waals surface area contributed by atoms with Gasteiger partial charge in [0.25, 0.3) is 7.82 Å². The summed E-state index contributed by atoms with van der Waals surface area (Å²) in [5.74, 6) is 0. The van der Waals surface area contributed by atoms with E-state index in [4.69, 9.17) is 19.2 Å². The fourth-order valence-electron chi connectivity index (χ4n) is 1.00. The first-order valence-corrected chi connectivity index (χ1v) is 6.25. The van der Waals surface area contributed by atoms with Crippen molar-refractivity contribution in [2.24, 2.45) is 0 Å². The topological polar surface area (TPSA) is 100 Å². The van der Waals surface area contributed by atoms with E-state index < -0.39 is 7.82 Å². The van der Waals surface area contributed by atoms with Crippen molar-refractivity contribution in [2.45, 2.75) is 32.7 Å². The molecule has 0 saturated carbocycles. The molecule has 0 bridgehead atoms. The van der Waals surface area contributed by atoms with Crippen LogP contribution in [0.2, 0.25) is 0 Å². The molecular formula is C8H17N2O4P. The van der Waals surface area contributed by atoms with E-state index >= 15 is 0 Å². The number of nitrogens with zero attached hydrogens (tertiary/aromatic N) is 1. The van der Waals surface area contributed by atoms with Gasteiger partial charge in [-0.1, -0.05) is 13.3 Å². The average molecular weight is 236 g/mol. The Labute approximate surface area is 88.8 Å². The molecule has 1 aromatic rings. The lowest BCUT2D eigenvalue weighted by molar-refractivity contribution is -0.696. The summed E-state index contributed by atoms with van der Waals surface area (Å²) in [7, 11) is -4.89. The van der Waals surface area contributed by atoms with Crippen molar-refractivity contribution in [1.29, 1.82) is 0 Å². The third-order valence-corrected chi connectivity index (χ3v) is 1.62. The Morgan fingerprint density at radius 1 is 1.47 bits per heavy atom. The minimum atomic E-state index is -4.89. The molecule has 0 amide bonds. The van der Waals surface area contributed by atoms with Gasteiger partial charge < -0.3 is 14.7 Å². The summed E-state index contributed by atoms with van der Waals surface area (Å²) in [6, 6.07) is 0. The zero-order valence-electron chi connectivity index (χ0n) is 8.67. The first-order chi connectivity index (χ1) is 6.93. The van der Waals surface area contributed by atoms with Gasteiger partial charge >= 0.3 is 0 Å². The summed E-state index contributed by atoms with van der Waals surface area (Å²) < 4.78 is 10.9. The Bertz CT molecular complexity index is 275. The molecule has 1 heterocycles. The maximum Gasteiger partial charge on any atom is 0.262 e. The van der Waals surface area contributed by atoms with Crippen molar-refractivity contribution < 1.29 is 23.8 Å². The zero-order chi connectivity index (χ0) is 11.7. The number of rotatable bonds is 4. The Hall–Kier alpha value is -0.680. The molecule has 0 aliphatic carbocycles. The predicted octanol–water partition coefficient (Wildman–Crippen LogP) is -0.0682. The first kappa shape index (κ1) is 14.3. The van der Waals surface area contributed by atoms with Crippen LogP contribution >= 0.6 is 7.82 Å². The minimum absolute atomic E-state index is 1.15. The van der Waals surface area contributed by atoms with E-state index in [0.29, 0.717) is 0 Å². The first-order valence-electron chi connectivity index (χ1n) is 4.72. The van der Waals surface area contributed by atoms with Gasteiger partial charge in [-0.2, -0.15) is 0 Å². The van der Waals surface area contributed by atoms with Crippen LogP contribution in [0.25, 0.3) is 0 Å². The molecular weight excluding hydrogens is 219 g/mol. The van der Waals surface area contributed by atoms with E-state index in [-0.39, 0.29) is 0 Å². The monoisotopic (exact) mass is 236 g/mol. The molecule has 1 rings (SSSR count). The van der Waals surface area contributed by atoms with Crippen molar-refractivity contribution >= 4 is 7.82 Å². The molecule has 0 aromatic carbocycles. The largest absolute Gasteiger partial charge is 0.756 e. The number of imidazole rings is 1. The Kier molecular flexibility index (Phi) is 7.25. The van der Waals surface area contributed by atoms with E-state index in [1.807, 2.05) is 12.5 Å². The second-order valence-electron chi connectivity index (χ2n) is 3.05. The fraction of sp³-hybridized carbons (Fsp3) is 0.625. The quantitative estimate of drug-likeness (QED) is 0.387. The van der Waals surface area contributed by atoms with Crippen molar-refractivity contribution in [3.63, 3.8) is 0 Å². The number of hydrogen-bond acceptors (Lipinski definition) is 2. The lowest BCUT2D eigenvalue weighted by atomic mass is 10.2. The van der Waals surface area contributed by atoms with Crippen LogP contribution < -0.4 is 9.46 Å². The van der Waals surface area contributed by atoms with Crippen LogP contribution in [0.15, 0.2) is 18.7 Å². The van der Waals surface area contributed by atoms with Crippen molar-refractivity contribution in [2.75, 3.05) is 0 Å². The van der Waals surface area contributed by atoms with Crippen LogP contribution in [-0.4, -0.2) is 14.8 Å². The standard InChI is InChI=1S/C8H14N2.H3O4P/c1-2-3-4-6-10-7-5-9-8-10;1-5(2,3)4/h5,7-8H,2-4,6H2,1H3;(H3,1,2,3,4). The number of phosphoric acid groups is 1. The van der Waals surface area contributed by atoms with Gasteiger partial charge in [-0.25, -0.2) is 4.57 Å². The van der Waals surface area contributed by atoms with Gasteiger partial charge in [0.15, 0.2) is 0 Å². The highest BCUT2D eigenvalue weighted by molar-refractivity contribution is 7.43. The van der Waals surface area contributed by atoms with E-state index in [1.165, 1.54) is 19.3 Å². The molecule has 0 atom stereocenters. The van der Waals surface area contributed by atoms with Gasteiger partial charge in [0.05, 0.1) is 6.54 Å². The molecule has 0 fully saturated rings. The number of aromatic nitrogens is 2. The smallest absolute Gasteiger partial charge is 0.262 e. The molecule has 0 saturated heterocycles. The van der Waals surface area contributed by atoms with E-state index in [1.54, 1.807) is 0 Å². The van der Waals surface area contributed by atoms with Crippen LogP contribution in [0.3, 0.4) is 0 Å². The molecule has 0 spiro atoms. The second-order valence-corrected chi connectivity index (χ2v) is 4.03. The summed E-state index contributed by atoms with van der Waals surface area (Å²) in [6.07, 6.45) is 9.93. The molecule has 3 N–H and O–H groups in total. The summed E-state index contributed by atoms with van der Waals surface area (Å²) in [5.41, 5.74) is 0. The lowest BCUT2D eigenvalue weighted by Crippen LogP contribution is -2.30. The zero-order valence-corrected chi connectivity index (χ0v) is 9.56. The van der Waals surface area contributed by atoms with Crippen molar-refractivity contribution in [3.05, 3.63) is 18.7 Å². The van der Waals surface area contributed by atoms with E-state index in [9.17, 15) is 0 Å². The average Bonchev–Trinajstić information content (AvgIpc) is 2.54. The van der Waals surface area contributed by atoms with Gasteiger partial charge in [-0.3, -0.25) is 9.55 Å². The molecule has 6 nitrogen and oxygen atoms in total. The number of hydrogen-bond donors (Lipinski definition) is 3. The minimum Gasteiger partial charge on any atom is -0.756 e. The molecule has 0 aliphatic heterocycles. The highest BCUT2D eigenvalue weighted by atomic mass is 31.2. The molecule has 1 aromatic heterocycles. The summed E-state index contributed by atoms with van der Waals surface area (Å²) >= 11 is 0. The predicted molar refractivity (Wildman–Crippen MR) is 52.6 cm³/mol. The number of unbranched alkanes of at least 4 members (excludes halogenated alkanes) is 2. The number of H-pyrrole nitrogens is 1. The van der Waals surface area contributed by atoms with Crippen LogP contribution in [-0.2, 0) is 11.1 Å². The maximum atomic E-state index is 8.77. The highest BCUT2D eigenvalue weighted by Gasteiger charge is 1.93. The Morgan fingerprint density at radius 3 is 2.47 bits per heavy atom. The third-order valence-electron chi connectivity index (χ3n) is 1.62. The number of aryl methyl sites for hydroxylation is 1. The summed E-state index contributed by atoms with van der Waals surface area (Å²) in [4.78, 5) is 25.9. The van der Waals surface area contributed by atoms with Crippen LogP contribution in [0.5, 0.6) is 0 Å². The van der Waals surface area contributed by atoms with Gasteiger partial charge in [0.2, 0.25) is 6.33 Å². The van der Waals surface area contributed by atoms with Gasteiger partial charge in [-0.05, 0) is 12.8 Å². The van der Waals surface area contributed by atoms with Crippen LogP contribution in [0.4, 0.5) is 0 Å². The van der Waals surface area contributed by atoms with Gasteiger partial charge in [0.1, 0.15) is 12.4 Å². The molecule has 7 heteroatoms. The Morgan fingerprint density at radius 2 is 2.07 bits per heavy atom. The highest BCUT2D eigenvalue weighted by Crippen LogP contribution is 2.18. The lowest BCUT2D eigenvalue weighted by Gasteiger charge is -2.01. The molecule has 0 radical (unpaired) electrons. The van der Waals surface area contributed by atoms with Crippen LogP contribution in [0, 0.1) is 0 Å². The third kappa shape index (κ3) is 13.3.